The first kappa shape index (κ1) is 33.4. The normalized spacial score (nSPS) is 11.8. The molecule has 0 saturated carbocycles. The average molecular weight is 741 g/mol. The SMILES string of the molecule is Cc1coc2c(-c3nnc(/N=C/c4cccc([N+](=O)[O-])c4)s3)cc(Cc3cc(-c4nnc(/N=C/c5cccc([N+](=O)[O-])c5)s4)c4occ(C)c4c3)cc12. The Kier molecular flexibility index (Phi) is 8.65. The van der Waals surface area contributed by atoms with E-state index in [0.29, 0.717) is 49.0 Å². The van der Waals surface area contributed by atoms with Crippen molar-refractivity contribution in [2.75, 3.05) is 0 Å². The highest BCUT2D eigenvalue weighted by atomic mass is 32.1. The van der Waals surface area contributed by atoms with E-state index in [9.17, 15) is 20.2 Å². The third-order valence-corrected chi connectivity index (χ3v) is 10.1. The summed E-state index contributed by atoms with van der Waals surface area (Å²) in [6.45, 7) is 3.98. The molecule has 53 heavy (non-hydrogen) atoms. The number of furan rings is 2. The highest BCUT2D eigenvalue weighted by Crippen LogP contribution is 2.39. The predicted molar refractivity (Wildman–Crippen MR) is 203 cm³/mol. The van der Waals surface area contributed by atoms with Gasteiger partial charge in [0.1, 0.15) is 11.2 Å². The third kappa shape index (κ3) is 6.83. The number of nitro benzene ring substituents is 2. The summed E-state index contributed by atoms with van der Waals surface area (Å²) in [7, 11) is 0. The number of rotatable bonds is 10. The van der Waals surface area contributed by atoms with Gasteiger partial charge in [-0.25, -0.2) is 9.98 Å². The number of nitrogens with zero attached hydrogens (tertiary/aromatic N) is 8. The number of non-ortho nitro benzene ring substituents is 2. The fraction of sp³-hybridized carbons (Fsp3) is 0.0811. The molecule has 0 aliphatic carbocycles. The van der Waals surface area contributed by atoms with Gasteiger partial charge in [0.05, 0.1) is 33.5 Å². The predicted octanol–water partition coefficient (Wildman–Crippen LogP) is 9.74. The Hall–Kier alpha value is -6.78. The molecule has 16 heteroatoms. The minimum Gasteiger partial charge on any atom is -0.463 e. The molecular weight excluding hydrogens is 717 g/mol. The van der Waals surface area contributed by atoms with E-state index in [1.807, 2.05) is 26.0 Å². The first-order valence-electron chi connectivity index (χ1n) is 15.9. The summed E-state index contributed by atoms with van der Waals surface area (Å²) in [4.78, 5) is 30.3. The first-order valence-corrected chi connectivity index (χ1v) is 17.6. The molecule has 0 aliphatic heterocycles. The molecule has 4 aromatic heterocycles. The van der Waals surface area contributed by atoms with Gasteiger partial charge in [-0.2, -0.15) is 0 Å². The third-order valence-electron chi connectivity index (χ3n) is 8.36. The molecule has 0 fully saturated rings. The van der Waals surface area contributed by atoms with Crippen LogP contribution in [0, 0.1) is 34.1 Å². The van der Waals surface area contributed by atoms with Gasteiger partial charge in [-0.05, 0) is 77.9 Å². The van der Waals surface area contributed by atoms with E-state index in [0.717, 1.165) is 44.2 Å². The molecule has 0 saturated heterocycles. The maximum atomic E-state index is 11.2. The lowest BCUT2D eigenvalue weighted by atomic mass is 9.97. The van der Waals surface area contributed by atoms with Crippen molar-refractivity contribution in [3.8, 4) is 21.1 Å². The van der Waals surface area contributed by atoms with Gasteiger partial charge in [-0.3, -0.25) is 20.2 Å². The van der Waals surface area contributed by atoms with Crippen LogP contribution in [0.2, 0.25) is 0 Å². The van der Waals surface area contributed by atoms with Crippen molar-refractivity contribution in [3.05, 3.63) is 139 Å². The van der Waals surface area contributed by atoms with Crippen LogP contribution in [0.25, 0.3) is 43.1 Å². The van der Waals surface area contributed by atoms with Crippen LogP contribution in [0.5, 0.6) is 0 Å². The zero-order valence-electron chi connectivity index (χ0n) is 27.8. The molecule has 14 nitrogen and oxygen atoms in total. The van der Waals surface area contributed by atoms with Crippen molar-refractivity contribution >= 4 is 78.7 Å². The van der Waals surface area contributed by atoms with Crippen molar-refractivity contribution in [2.45, 2.75) is 20.3 Å². The van der Waals surface area contributed by atoms with Gasteiger partial charge in [0, 0.05) is 47.5 Å². The zero-order valence-corrected chi connectivity index (χ0v) is 29.4. The molecule has 260 valence electrons. The maximum absolute atomic E-state index is 11.2. The van der Waals surface area contributed by atoms with Crippen molar-refractivity contribution in [3.63, 3.8) is 0 Å². The molecule has 4 aromatic carbocycles. The Morgan fingerprint density at radius 2 is 1.11 bits per heavy atom. The summed E-state index contributed by atoms with van der Waals surface area (Å²) in [5.41, 5.74) is 8.00. The van der Waals surface area contributed by atoms with Crippen LogP contribution >= 0.6 is 22.7 Å². The van der Waals surface area contributed by atoms with E-state index >= 15 is 0 Å². The maximum Gasteiger partial charge on any atom is 0.270 e. The molecule has 0 amide bonds. The van der Waals surface area contributed by atoms with Crippen LogP contribution in [0.15, 0.2) is 104 Å². The lowest BCUT2D eigenvalue weighted by Gasteiger charge is -2.08. The Morgan fingerprint density at radius 1 is 0.660 bits per heavy atom. The van der Waals surface area contributed by atoms with Crippen LogP contribution in [0.3, 0.4) is 0 Å². The lowest BCUT2D eigenvalue weighted by molar-refractivity contribution is -0.385. The molecule has 0 bridgehead atoms. The van der Waals surface area contributed by atoms with Crippen molar-refractivity contribution < 1.29 is 18.7 Å². The number of aromatic nitrogens is 4. The number of hydrogen-bond acceptors (Lipinski definition) is 14. The quantitative estimate of drug-likeness (QED) is 0.0741. The highest BCUT2D eigenvalue weighted by Gasteiger charge is 2.19. The minimum absolute atomic E-state index is 0.0220. The summed E-state index contributed by atoms with van der Waals surface area (Å²) in [5.74, 6) is 0. The van der Waals surface area contributed by atoms with E-state index in [1.165, 1.54) is 59.4 Å². The molecule has 0 atom stereocenters. The Balaban J connectivity index is 1.11. The number of fused-ring (bicyclic) bond motifs is 2. The fourth-order valence-corrected chi connectivity index (χ4v) is 7.25. The summed E-state index contributed by atoms with van der Waals surface area (Å²) in [6, 6.07) is 20.7. The number of hydrogen-bond donors (Lipinski definition) is 0. The zero-order chi connectivity index (χ0) is 36.6. The number of nitro groups is 2. The Labute approximate surface area is 307 Å². The Morgan fingerprint density at radius 3 is 1.55 bits per heavy atom. The average Bonchev–Trinajstić information content (AvgIpc) is 3.98. The highest BCUT2D eigenvalue weighted by molar-refractivity contribution is 7.18. The molecule has 0 unspecified atom stereocenters. The standard InChI is InChI=1S/C37H24N8O6S2/c1-20-18-50-32-28(20)12-24(14-30(32)34-40-42-36(52-34)38-16-22-5-3-7-26(10-22)44(46)47)9-25-13-29-21(2)19-51-33(29)31(15-25)35-41-43-37(53-35)39-17-23-6-4-8-27(11-23)45(48)49/h3-8,10-19H,9H2,1-2H3/b38-16+,39-17+. The monoisotopic (exact) mass is 740 g/mol. The van der Waals surface area contributed by atoms with Crippen LogP contribution in [0.4, 0.5) is 21.6 Å². The Bertz CT molecular complexity index is 2590. The van der Waals surface area contributed by atoms with Gasteiger partial charge in [0.15, 0.2) is 10.0 Å². The lowest BCUT2D eigenvalue weighted by Crippen LogP contribution is -1.92. The van der Waals surface area contributed by atoms with E-state index in [-0.39, 0.29) is 11.4 Å². The second-order valence-electron chi connectivity index (χ2n) is 12.1. The summed E-state index contributed by atoms with van der Waals surface area (Å²) < 4.78 is 12.0. The van der Waals surface area contributed by atoms with Gasteiger partial charge in [-0.15, -0.1) is 20.4 Å². The molecule has 8 rings (SSSR count). The second kappa shape index (κ2) is 13.7. The van der Waals surface area contributed by atoms with E-state index < -0.39 is 9.85 Å². The number of aliphatic imine (C=N–C) groups is 2. The van der Waals surface area contributed by atoms with Crippen molar-refractivity contribution in [1.29, 1.82) is 0 Å². The molecular formula is C37H24N8O6S2. The van der Waals surface area contributed by atoms with Crippen LogP contribution < -0.4 is 0 Å². The van der Waals surface area contributed by atoms with Crippen LogP contribution in [-0.2, 0) is 6.42 Å². The van der Waals surface area contributed by atoms with Crippen LogP contribution in [-0.4, -0.2) is 42.7 Å². The second-order valence-corrected chi connectivity index (χ2v) is 14.0. The van der Waals surface area contributed by atoms with E-state index in [4.69, 9.17) is 8.83 Å². The van der Waals surface area contributed by atoms with Gasteiger partial charge < -0.3 is 8.83 Å². The molecule has 8 aromatic rings. The summed E-state index contributed by atoms with van der Waals surface area (Å²) >= 11 is 2.57. The van der Waals surface area contributed by atoms with E-state index in [2.05, 4.69) is 42.5 Å². The van der Waals surface area contributed by atoms with Gasteiger partial charge >= 0.3 is 0 Å². The fourth-order valence-electron chi connectivity index (χ4n) is 5.85. The number of benzene rings is 4. The van der Waals surface area contributed by atoms with Crippen molar-refractivity contribution in [2.24, 2.45) is 9.98 Å². The summed E-state index contributed by atoms with van der Waals surface area (Å²) in [5, 5.41) is 43.6. The smallest absolute Gasteiger partial charge is 0.270 e. The summed E-state index contributed by atoms with van der Waals surface area (Å²) in [6.07, 6.45) is 7.04. The van der Waals surface area contributed by atoms with Gasteiger partial charge in [-0.1, -0.05) is 46.9 Å². The molecule has 0 aliphatic rings. The van der Waals surface area contributed by atoms with Crippen LogP contribution in [0.1, 0.15) is 33.4 Å². The topological polar surface area (TPSA) is 189 Å². The number of aryl methyl sites for hydroxylation is 2. The van der Waals surface area contributed by atoms with Crippen molar-refractivity contribution in [1.82, 2.24) is 20.4 Å². The molecule has 0 radical (unpaired) electrons. The molecule has 0 spiro atoms. The molecule has 4 heterocycles. The minimum atomic E-state index is -0.450. The van der Waals surface area contributed by atoms with Gasteiger partial charge in [0.25, 0.3) is 11.4 Å². The largest absolute Gasteiger partial charge is 0.463 e. The molecule has 0 N–H and O–H groups in total. The van der Waals surface area contributed by atoms with Gasteiger partial charge in [0.2, 0.25) is 10.3 Å². The van der Waals surface area contributed by atoms with E-state index in [1.54, 1.807) is 36.8 Å². The first-order chi connectivity index (χ1) is 25.7.